The molecule has 8 fully saturated rings. The van der Waals surface area contributed by atoms with Gasteiger partial charge in [0, 0.05) is 0 Å². The van der Waals surface area contributed by atoms with Crippen LogP contribution < -0.4 is 0 Å². The quantitative estimate of drug-likeness (QED) is 0.150. The molecule has 0 saturated heterocycles. The summed E-state index contributed by atoms with van der Waals surface area (Å²) in [7, 11) is 0. The van der Waals surface area contributed by atoms with Gasteiger partial charge in [0.25, 0.3) is 0 Å². The van der Waals surface area contributed by atoms with E-state index in [0.29, 0.717) is 70.0 Å². The van der Waals surface area contributed by atoms with E-state index in [1.54, 1.807) is 0 Å². The van der Waals surface area contributed by atoms with Crippen LogP contribution in [0.2, 0.25) is 0 Å². The molecule has 8 aliphatic rings. The molecule has 0 aromatic heterocycles. The zero-order valence-electron chi connectivity index (χ0n) is 71.3. The Morgan fingerprint density at radius 2 is 0.430 bits per heavy atom. The van der Waals surface area contributed by atoms with Crippen LogP contribution in [0.15, 0.2) is 0 Å². The van der Waals surface area contributed by atoms with Crippen molar-refractivity contribution in [1.29, 1.82) is 0 Å². The predicted octanol–water partition coefficient (Wildman–Crippen LogP) is 31.6. The topological polar surface area (TPSA) is 0 Å². The van der Waals surface area contributed by atoms with Crippen molar-refractivity contribution < 1.29 is 191 Å². The van der Waals surface area contributed by atoms with Crippen LogP contribution >= 0.6 is 0 Å². The maximum Gasteiger partial charge on any atom is 2.00 e. The van der Waals surface area contributed by atoms with E-state index in [4.69, 9.17) is 0 Å². The van der Waals surface area contributed by atoms with Gasteiger partial charge in [0.15, 0.2) is 0 Å². The molecule has 8 rings (SSSR count). The van der Waals surface area contributed by atoms with Crippen LogP contribution in [0.1, 0.15) is 315 Å². The second kappa shape index (κ2) is 99.5. The monoisotopic (exact) mass is 2150 g/mol. The minimum Gasteiger partial charge on any atom is -0.358 e. The summed E-state index contributed by atoms with van der Waals surface area (Å²) in [4.78, 5) is 0. The summed E-state index contributed by atoms with van der Waals surface area (Å²) < 4.78 is 102. The third-order valence-electron chi connectivity index (χ3n) is 19.2. The first kappa shape index (κ1) is 173. The number of halogens is 8. The molecule has 16 heteroatoms. The van der Waals surface area contributed by atoms with E-state index < -0.39 is 49.4 Å². The Bertz CT molecular complexity index is 1270. The maximum atomic E-state index is 13.0. The standard InChI is InChI=1S/2C10H19F.2C9H17F.2C8H15F.2C7H13F.16CH3.8Ru/c2*1-10(2,3)8-5-4-6-9(11)7-8;2*1-7(2)8-4-3-5-9(10)6-8;2*1-2-7-4-3-5-8(9)6-7;2*1-6-3-2-4-7(8)5-6;;;;;;;;;;;;;;;;;;;;;;;;/h2*8-9H,4-7H2,1-3H3;2*7-9H,3-6H2,1-2H3;2*7-8H,2-6H2,1H3;2*6-7H,2-5H2,1H3;16*1H3;;;;;;;;/q;;;;;;;;16*-1;8*+2. The van der Waals surface area contributed by atoms with Gasteiger partial charge in [-0.3, -0.25) is 0 Å². The third kappa shape index (κ3) is 89.6. The van der Waals surface area contributed by atoms with Gasteiger partial charge in [0.2, 0.25) is 0 Å². The first-order chi connectivity index (χ1) is 35.6. The van der Waals surface area contributed by atoms with Crippen molar-refractivity contribution in [1.82, 2.24) is 0 Å². The molecule has 0 spiro atoms. The van der Waals surface area contributed by atoms with Crippen molar-refractivity contribution in [2.24, 2.45) is 70.0 Å². The van der Waals surface area contributed by atoms with E-state index in [1.165, 1.54) is 64.2 Å². The molecule has 0 aliphatic heterocycles. The Morgan fingerprint density at radius 3 is 0.550 bits per heavy atom. The summed E-state index contributed by atoms with van der Waals surface area (Å²) in [6.45, 7) is 30.7. The molecular weight excluding hydrogens is 1970 g/mol. The fourth-order valence-corrected chi connectivity index (χ4v) is 13.3. The Kier molecular flexibility index (Phi) is 172. The summed E-state index contributed by atoms with van der Waals surface area (Å²) in [6.07, 6.45) is 30.1. The summed E-state index contributed by atoms with van der Waals surface area (Å²) in [5.41, 5.74) is 0.621. The largest absolute Gasteiger partial charge is 2.00 e. The summed E-state index contributed by atoms with van der Waals surface area (Å²) >= 11 is 0. The minimum atomic E-state index is -0.520. The number of rotatable bonds is 4. The van der Waals surface area contributed by atoms with E-state index >= 15 is 0 Å². The number of hydrogen-bond acceptors (Lipinski definition) is 0. The zero-order valence-corrected chi connectivity index (χ0v) is 85.2. The molecule has 0 aromatic rings. The van der Waals surface area contributed by atoms with Crippen molar-refractivity contribution in [3.05, 3.63) is 119 Å². The molecule has 16 unspecified atom stereocenters. The van der Waals surface area contributed by atoms with Crippen LogP contribution in [0.5, 0.6) is 0 Å². The van der Waals surface area contributed by atoms with E-state index in [-0.39, 0.29) is 275 Å². The second-order valence-electron chi connectivity index (χ2n) is 29.0. The second-order valence-corrected chi connectivity index (χ2v) is 29.0. The normalized spacial score (nSPS) is 27.4. The average molecular weight is 2150 g/mol. The SMILES string of the molecule is CC(C)(C)C1CCCC(F)C1.CC(C)(C)C1CCCC(F)C1.CC(C)C1CCCC(F)C1.CC(C)C1CCCC(F)C1.CC1CCCC(F)C1.CC1CCCC(F)C1.CCC1CCCC(F)C1.CCC1CCCC(F)C1.[CH3-].[CH3-].[CH3-].[CH3-].[CH3-].[CH3-].[CH3-].[CH3-].[CH3-].[CH3-].[CH3-].[CH3-].[CH3-].[CH3-].[CH3-].[CH3-].[Ru+2].[Ru+2].[Ru+2].[Ru+2].[Ru+2].[Ru+2].[Ru+2].[Ru+2]. The number of alkyl halides is 8. The first-order valence-corrected chi connectivity index (χ1v) is 32.7. The Morgan fingerprint density at radius 1 is 0.250 bits per heavy atom. The van der Waals surface area contributed by atoms with Gasteiger partial charge in [-0.2, -0.15) is 0 Å². The fourth-order valence-electron chi connectivity index (χ4n) is 13.3. The van der Waals surface area contributed by atoms with Crippen molar-refractivity contribution in [3.8, 4) is 0 Å². The smallest absolute Gasteiger partial charge is 0.358 e. The van der Waals surface area contributed by atoms with Gasteiger partial charge in [0.1, 0.15) is 49.4 Å². The van der Waals surface area contributed by atoms with Crippen LogP contribution in [-0.2, 0) is 156 Å². The molecule has 0 heterocycles. The molecule has 8 saturated carbocycles. The fraction of sp³-hybridized carbons (Fsp3) is 0.810. The van der Waals surface area contributed by atoms with Crippen molar-refractivity contribution in [3.63, 3.8) is 0 Å². The van der Waals surface area contributed by atoms with Crippen LogP contribution in [0.25, 0.3) is 0 Å². The van der Waals surface area contributed by atoms with Crippen LogP contribution in [0, 0.1) is 189 Å². The molecule has 0 radical (unpaired) electrons. The van der Waals surface area contributed by atoms with Crippen molar-refractivity contribution in [2.45, 2.75) is 365 Å². The van der Waals surface area contributed by atoms with E-state index in [9.17, 15) is 35.1 Å². The van der Waals surface area contributed by atoms with Gasteiger partial charge >= 0.3 is 156 Å². The van der Waals surface area contributed by atoms with E-state index in [2.05, 4.69) is 96.9 Å². The van der Waals surface area contributed by atoms with Gasteiger partial charge in [0.05, 0.1) is 0 Å². The van der Waals surface area contributed by atoms with Gasteiger partial charge in [-0.15, -0.1) is 0 Å². The Balaban J connectivity index is -0.0000000291. The summed E-state index contributed by atoms with van der Waals surface area (Å²) in [5.74, 6) is 6.53. The molecule has 16 atom stereocenters. The van der Waals surface area contributed by atoms with E-state index in [0.717, 1.165) is 154 Å². The Labute approximate surface area is 737 Å². The molecular formula is C84H176F8Ru8. The molecule has 0 nitrogen and oxygen atoms in total. The van der Waals surface area contributed by atoms with Crippen LogP contribution in [0.4, 0.5) is 35.1 Å². The maximum absolute atomic E-state index is 13.0. The van der Waals surface area contributed by atoms with Gasteiger partial charge < -0.3 is 119 Å². The predicted molar refractivity (Wildman–Crippen MR) is 418 cm³/mol. The van der Waals surface area contributed by atoms with E-state index in [1.807, 2.05) is 0 Å². The molecule has 100 heavy (non-hydrogen) atoms. The van der Waals surface area contributed by atoms with Gasteiger partial charge in [-0.1, -0.05) is 187 Å². The Hall–Kier alpha value is 4.43. The summed E-state index contributed by atoms with van der Waals surface area (Å²) in [5, 5.41) is 0. The third-order valence-corrected chi connectivity index (χ3v) is 19.2. The van der Waals surface area contributed by atoms with Crippen molar-refractivity contribution in [2.75, 3.05) is 0 Å². The zero-order chi connectivity index (χ0) is 57.4. The minimum absolute atomic E-state index is 0. The average Bonchev–Trinajstić information content (AvgIpc) is 3.35. The molecule has 0 N–H and O–H groups in total. The number of hydrogen-bond donors (Lipinski definition) is 0. The van der Waals surface area contributed by atoms with Gasteiger partial charge in [-0.25, -0.2) is 35.1 Å². The molecule has 632 valence electrons. The molecule has 0 amide bonds. The van der Waals surface area contributed by atoms with Crippen LogP contribution in [-0.4, -0.2) is 49.4 Å². The van der Waals surface area contributed by atoms with Gasteiger partial charge in [-0.05, 0) is 198 Å². The molecule has 0 aromatic carbocycles. The molecule has 0 bridgehead atoms. The van der Waals surface area contributed by atoms with Crippen molar-refractivity contribution >= 4 is 0 Å². The first-order valence-electron chi connectivity index (χ1n) is 32.7. The molecule has 8 aliphatic carbocycles. The van der Waals surface area contributed by atoms with Crippen LogP contribution in [0.3, 0.4) is 0 Å². The summed E-state index contributed by atoms with van der Waals surface area (Å²) in [6, 6.07) is 0.